The monoisotopic (exact) mass is 496 g/mol. The minimum Gasteiger partial charge on any atom is -0.272 e. The Morgan fingerprint density at radius 2 is 1.88 bits per heavy atom. The van der Waals surface area contributed by atoms with Crippen molar-refractivity contribution in [3.63, 3.8) is 0 Å². The molecule has 168 valence electrons. The van der Waals surface area contributed by atoms with Crippen LogP contribution >= 0.6 is 34.4 Å². The maximum absolute atomic E-state index is 13.6. The molecule has 0 saturated heterocycles. The Labute approximate surface area is 201 Å². The number of nitrogens with zero attached hydrogens (tertiary/aromatic N) is 2. The highest BCUT2D eigenvalue weighted by molar-refractivity contribution is 7.99. The van der Waals surface area contributed by atoms with Crippen LogP contribution in [-0.2, 0) is 17.6 Å². The summed E-state index contributed by atoms with van der Waals surface area (Å²) in [6.45, 7) is 0. The van der Waals surface area contributed by atoms with Crippen LogP contribution in [0.3, 0.4) is 0 Å². The predicted octanol–water partition coefficient (Wildman–Crippen LogP) is 3.94. The van der Waals surface area contributed by atoms with Crippen molar-refractivity contribution in [2.24, 2.45) is 0 Å². The summed E-state index contributed by atoms with van der Waals surface area (Å²) in [5.41, 5.74) is 6.59. The van der Waals surface area contributed by atoms with E-state index in [1.54, 1.807) is 33.4 Å². The van der Waals surface area contributed by atoms with Gasteiger partial charge in [-0.2, -0.15) is 0 Å². The zero-order chi connectivity index (χ0) is 22.8. The Hall–Kier alpha value is -2.95. The molecule has 0 spiro atoms. The van der Waals surface area contributed by atoms with Gasteiger partial charge in [0.05, 0.1) is 21.7 Å². The highest BCUT2D eigenvalue weighted by atomic mass is 32.2. The Morgan fingerprint density at radius 1 is 1.06 bits per heavy atom. The number of thioether (sulfide) groups is 1. The van der Waals surface area contributed by atoms with E-state index in [0.29, 0.717) is 21.1 Å². The van der Waals surface area contributed by atoms with Gasteiger partial charge in [-0.3, -0.25) is 29.8 Å². The van der Waals surface area contributed by atoms with E-state index in [9.17, 15) is 14.4 Å². The van der Waals surface area contributed by atoms with E-state index in [-0.39, 0.29) is 23.1 Å². The molecule has 10 heteroatoms. The summed E-state index contributed by atoms with van der Waals surface area (Å²) in [5.74, 6) is -0.752. The van der Waals surface area contributed by atoms with Gasteiger partial charge in [-0.25, -0.2) is 4.98 Å². The molecule has 0 aliphatic heterocycles. The number of nitrogens with one attached hydrogen (secondary N) is 2. The SMILES string of the molecule is O=C(CSc1nc2sc3c(c2c(=O)n1-c1ccccc1)CCCC3)NNC(=O)c1cccs1. The van der Waals surface area contributed by atoms with E-state index in [0.717, 1.165) is 36.1 Å². The third-order valence-corrected chi connectivity index (χ3v) is 8.36. The van der Waals surface area contributed by atoms with Gasteiger partial charge in [0.2, 0.25) is 5.91 Å². The molecule has 0 unspecified atom stereocenters. The second-order valence-electron chi connectivity index (χ2n) is 7.53. The number of fused-ring (bicyclic) bond motifs is 3. The van der Waals surface area contributed by atoms with Gasteiger partial charge in [-0.1, -0.05) is 36.0 Å². The van der Waals surface area contributed by atoms with Gasteiger partial charge in [0, 0.05) is 4.88 Å². The lowest BCUT2D eigenvalue weighted by Gasteiger charge is -2.13. The van der Waals surface area contributed by atoms with Crippen LogP contribution in [0.4, 0.5) is 0 Å². The molecule has 2 amide bonds. The van der Waals surface area contributed by atoms with Crippen molar-refractivity contribution in [2.75, 3.05) is 5.75 Å². The average Bonchev–Trinajstić information content (AvgIpc) is 3.50. The van der Waals surface area contributed by atoms with Gasteiger partial charge in [-0.15, -0.1) is 22.7 Å². The zero-order valence-electron chi connectivity index (χ0n) is 17.5. The second kappa shape index (κ2) is 9.50. The molecule has 1 aromatic carbocycles. The topological polar surface area (TPSA) is 93.1 Å². The molecule has 0 radical (unpaired) electrons. The minimum atomic E-state index is -0.385. The number of thiophene rings is 2. The average molecular weight is 497 g/mol. The van der Waals surface area contributed by atoms with E-state index in [2.05, 4.69) is 10.9 Å². The molecule has 5 rings (SSSR count). The van der Waals surface area contributed by atoms with E-state index < -0.39 is 0 Å². The van der Waals surface area contributed by atoms with Crippen molar-refractivity contribution in [3.05, 3.63) is 73.5 Å². The molecular formula is C23H20N4O3S3. The number of aryl methyl sites for hydroxylation is 2. The van der Waals surface area contributed by atoms with E-state index in [1.165, 1.54) is 28.0 Å². The lowest BCUT2D eigenvalue weighted by atomic mass is 9.97. The smallest absolute Gasteiger partial charge is 0.272 e. The largest absolute Gasteiger partial charge is 0.279 e. The minimum absolute atomic E-state index is 0.000586. The van der Waals surface area contributed by atoms with Crippen LogP contribution in [0.15, 0.2) is 57.8 Å². The summed E-state index contributed by atoms with van der Waals surface area (Å²) >= 11 is 4.05. The Kier molecular flexibility index (Phi) is 6.30. The van der Waals surface area contributed by atoms with Gasteiger partial charge < -0.3 is 0 Å². The van der Waals surface area contributed by atoms with Crippen molar-refractivity contribution in [3.8, 4) is 5.69 Å². The van der Waals surface area contributed by atoms with Crippen LogP contribution < -0.4 is 16.4 Å². The summed E-state index contributed by atoms with van der Waals surface area (Å²) in [4.78, 5) is 45.3. The number of hydrazine groups is 1. The van der Waals surface area contributed by atoms with Crippen LogP contribution in [0, 0.1) is 0 Å². The van der Waals surface area contributed by atoms with Gasteiger partial charge in [-0.05, 0) is 54.8 Å². The first-order chi connectivity index (χ1) is 16.1. The summed E-state index contributed by atoms with van der Waals surface area (Å²) in [6, 6.07) is 12.8. The van der Waals surface area contributed by atoms with E-state index in [1.807, 2.05) is 30.3 Å². The van der Waals surface area contributed by atoms with Crippen molar-refractivity contribution in [1.82, 2.24) is 20.4 Å². The summed E-state index contributed by atoms with van der Waals surface area (Å²) in [5, 5.41) is 2.95. The molecule has 7 nitrogen and oxygen atoms in total. The molecule has 0 fully saturated rings. The number of aromatic nitrogens is 2. The van der Waals surface area contributed by atoms with Crippen molar-refractivity contribution < 1.29 is 9.59 Å². The molecule has 0 bridgehead atoms. The van der Waals surface area contributed by atoms with Crippen molar-refractivity contribution in [2.45, 2.75) is 30.8 Å². The normalized spacial score (nSPS) is 13.0. The maximum Gasteiger partial charge on any atom is 0.279 e. The molecule has 3 aromatic heterocycles. The number of hydrogen-bond acceptors (Lipinski definition) is 7. The highest BCUT2D eigenvalue weighted by Gasteiger charge is 2.23. The van der Waals surface area contributed by atoms with Gasteiger partial charge in [0.25, 0.3) is 11.5 Å². The molecule has 4 aromatic rings. The number of benzene rings is 1. The number of carbonyl (C=O) groups is 2. The van der Waals surface area contributed by atoms with Crippen molar-refractivity contribution in [1.29, 1.82) is 0 Å². The Balaban J connectivity index is 1.42. The number of carbonyl (C=O) groups excluding carboxylic acids is 2. The molecule has 0 saturated carbocycles. The van der Waals surface area contributed by atoms with Gasteiger partial charge >= 0.3 is 0 Å². The first kappa shape index (κ1) is 21.9. The molecule has 1 aliphatic carbocycles. The first-order valence-corrected chi connectivity index (χ1v) is 13.2. The fraction of sp³-hybridized carbons (Fsp3) is 0.217. The van der Waals surface area contributed by atoms with Crippen LogP contribution in [-0.4, -0.2) is 27.1 Å². The second-order valence-corrected chi connectivity index (χ2v) is 10.5. The summed E-state index contributed by atoms with van der Waals surface area (Å²) in [6.07, 6.45) is 4.10. The predicted molar refractivity (Wildman–Crippen MR) is 133 cm³/mol. The van der Waals surface area contributed by atoms with Gasteiger partial charge in [0.1, 0.15) is 4.83 Å². The van der Waals surface area contributed by atoms with Crippen LogP contribution in [0.5, 0.6) is 0 Å². The van der Waals surface area contributed by atoms with Crippen molar-refractivity contribution >= 4 is 56.5 Å². The van der Waals surface area contributed by atoms with Crippen LogP contribution in [0.1, 0.15) is 33.0 Å². The maximum atomic E-state index is 13.6. The Morgan fingerprint density at radius 3 is 2.67 bits per heavy atom. The molecule has 0 atom stereocenters. The summed E-state index contributed by atoms with van der Waals surface area (Å²) < 4.78 is 1.59. The lowest BCUT2D eigenvalue weighted by molar-refractivity contribution is -0.119. The first-order valence-electron chi connectivity index (χ1n) is 10.5. The molecule has 1 aliphatic rings. The van der Waals surface area contributed by atoms with Crippen LogP contribution in [0.2, 0.25) is 0 Å². The molecule has 2 N–H and O–H groups in total. The molecular weight excluding hydrogens is 476 g/mol. The van der Waals surface area contributed by atoms with Crippen LogP contribution in [0.25, 0.3) is 15.9 Å². The number of amides is 2. The Bertz CT molecular complexity index is 1380. The molecule has 3 heterocycles. The summed E-state index contributed by atoms with van der Waals surface area (Å²) in [7, 11) is 0. The van der Waals surface area contributed by atoms with E-state index >= 15 is 0 Å². The number of hydrogen-bond donors (Lipinski definition) is 2. The number of para-hydroxylation sites is 1. The quantitative estimate of drug-likeness (QED) is 0.248. The lowest BCUT2D eigenvalue weighted by Crippen LogP contribution is -2.42. The van der Waals surface area contributed by atoms with E-state index in [4.69, 9.17) is 4.98 Å². The fourth-order valence-electron chi connectivity index (χ4n) is 3.85. The molecule has 33 heavy (non-hydrogen) atoms. The third-order valence-electron chi connectivity index (χ3n) is 5.37. The fourth-order valence-corrected chi connectivity index (χ4v) is 6.58. The standard InChI is InChI=1S/C23H20N4O3S3/c28-18(25-26-20(29)17-11-6-12-31-17)13-32-23-24-21-19(15-9-4-5-10-16(15)33-21)22(30)27(23)14-7-2-1-3-8-14/h1-3,6-8,11-12H,4-5,9-10,13H2,(H,25,28)(H,26,29). The third kappa shape index (κ3) is 4.46. The highest BCUT2D eigenvalue weighted by Crippen LogP contribution is 2.35. The zero-order valence-corrected chi connectivity index (χ0v) is 19.9. The number of rotatable bonds is 5. The van der Waals surface area contributed by atoms with Gasteiger partial charge in [0.15, 0.2) is 5.16 Å².